The van der Waals surface area contributed by atoms with Gasteiger partial charge in [-0.25, -0.2) is 4.98 Å². The summed E-state index contributed by atoms with van der Waals surface area (Å²) < 4.78 is 2.27. The van der Waals surface area contributed by atoms with E-state index >= 15 is 0 Å². The molecule has 0 radical (unpaired) electrons. The second-order valence-electron chi connectivity index (χ2n) is 9.80. The molecule has 8 heteroatoms. The molecule has 7 nitrogen and oxygen atoms in total. The second kappa shape index (κ2) is 9.06. The van der Waals surface area contributed by atoms with E-state index in [4.69, 9.17) is 14.9 Å². The van der Waals surface area contributed by atoms with Gasteiger partial charge in [-0.2, -0.15) is 5.10 Å². The molecule has 2 aromatic heterocycles. The van der Waals surface area contributed by atoms with Gasteiger partial charge in [-0.1, -0.05) is 19.3 Å². The van der Waals surface area contributed by atoms with Crippen LogP contribution < -0.4 is 11.1 Å². The van der Waals surface area contributed by atoms with E-state index < -0.39 is 0 Å². The van der Waals surface area contributed by atoms with Crippen LogP contribution in [-0.2, 0) is 16.8 Å². The van der Waals surface area contributed by atoms with Crippen molar-refractivity contribution in [1.82, 2.24) is 19.7 Å². The quantitative estimate of drug-likeness (QED) is 0.676. The summed E-state index contributed by atoms with van der Waals surface area (Å²) in [7, 11) is 2.25. The van der Waals surface area contributed by atoms with Crippen LogP contribution in [0.4, 0.5) is 5.82 Å². The van der Waals surface area contributed by atoms with Gasteiger partial charge in [0.15, 0.2) is 0 Å². The molecule has 172 valence electrons. The topological polar surface area (TPSA) is 89.1 Å². The molecule has 0 aromatic carbocycles. The Morgan fingerprint density at radius 3 is 2.75 bits per heavy atom. The third-order valence-corrected chi connectivity index (χ3v) is 9.16. The van der Waals surface area contributed by atoms with Crippen LogP contribution in [0.1, 0.15) is 50.6 Å². The third-order valence-electron chi connectivity index (χ3n) is 7.74. The zero-order chi connectivity index (χ0) is 22.1. The van der Waals surface area contributed by atoms with Gasteiger partial charge >= 0.3 is 0 Å². The van der Waals surface area contributed by atoms with Crippen molar-refractivity contribution in [1.29, 1.82) is 0 Å². The Hall–Kier alpha value is -2.06. The predicted molar refractivity (Wildman–Crippen MR) is 129 cm³/mol. The first-order valence-electron chi connectivity index (χ1n) is 11.9. The van der Waals surface area contributed by atoms with E-state index in [1.54, 1.807) is 0 Å². The maximum atomic E-state index is 8.58. The lowest BCUT2D eigenvalue weighted by molar-refractivity contribution is -0.106. The van der Waals surface area contributed by atoms with Crippen LogP contribution in [0.15, 0.2) is 23.2 Å². The number of likely N-dealkylation sites (tertiary alicyclic amines) is 1. The van der Waals surface area contributed by atoms with Crippen LogP contribution in [0.3, 0.4) is 0 Å². The van der Waals surface area contributed by atoms with Gasteiger partial charge in [0.05, 0.1) is 10.6 Å². The standard InChI is InChI=1S/C23H31N5S.CH3NO/c1-27-9-7-23(15-27)8-10-28-21(23)12-18(26-28)17-11-19-22(24-13-17)25-14-20(29-19)16-5-3-2-4-6-16;2-1-3/h11-13,16,20H,2-10,14-15H2,1H3,(H,24,25);1H,(H2,2,3). The number of aromatic nitrogens is 3. The average Bonchev–Trinajstić information content (AvgIpc) is 3.51. The molecule has 3 aliphatic heterocycles. The summed E-state index contributed by atoms with van der Waals surface area (Å²) >= 11 is 2.06. The molecule has 2 aromatic rings. The van der Waals surface area contributed by atoms with Crippen LogP contribution in [0.5, 0.6) is 0 Å². The molecule has 1 amide bonds. The van der Waals surface area contributed by atoms with Gasteiger partial charge in [0.2, 0.25) is 6.41 Å². The van der Waals surface area contributed by atoms with Crippen LogP contribution in [0.2, 0.25) is 0 Å². The van der Waals surface area contributed by atoms with Gasteiger partial charge in [-0.15, -0.1) is 11.8 Å². The van der Waals surface area contributed by atoms with Gasteiger partial charge in [0.1, 0.15) is 5.82 Å². The molecular formula is C24H34N6OS. The summed E-state index contributed by atoms with van der Waals surface area (Å²) in [4.78, 5) is 17.1. The number of likely N-dealkylation sites (N-methyl/N-ethyl adjacent to an activating group) is 1. The summed E-state index contributed by atoms with van der Waals surface area (Å²) in [6.07, 6.45) is 11.8. The number of hydrogen-bond donors (Lipinski definition) is 2. The number of aryl methyl sites for hydroxylation is 1. The largest absolute Gasteiger partial charge is 0.372 e. The smallest absolute Gasteiger partial charge is 0.204 e. The molecule has 4 aliphatic rings. The molecule has 1 saturated carbocycles. The van der Waals surface area contributed by atoms with E-state index in [9.17, 15) is 0 Å². The van der Waals surface area contributed by atoms with Crippen molar-refractivity contribution < 1.29 is 4.79 Å². The van der Waals surface area contributed by atoms with Crippen molar-refractivity contribution in [2.75, 3.05) is 32.0 Å². The minimum atomic E-state index is 0.250. The molecule has 3 N–H and O–H groups in total. The number of hydrogen-bond acceptors (Lipinski definition) is 6. The van der Waals surface area contributed by atoms with E-state index in [-0.39, 0.29) is 6.41 Å². The molecular weight excluding hydrogens is 420 g/mol. The van der Waals surface area contributed by atoms with Crippen LogP contribution in [0.25, 0.3) is 11.3 Å². The lowest BCUT2D eigenvalue weighted by Gasteiger charge is -2.33. The number of nitrogens with two attached hydrogens (primary N) is 1. The number of pyridine rings is 1. The fourth-order valence-corrected chi connectivity index (χ4v) is 7.46. The van der Waals surface area contributed by atoms with E-state index in [1.807, 2.05) is 6.20 Å². The lowest BCUT2D eigenvalue weighted by Crippen LogP contribution is -2.30. The number of anilines is 1. The van der Waals surface area contributed by atoms with E-state index in [0.717, 1.165) is 30.5 Å². The number of carbonyl (C=O) groups is 1. The Kier molecular flexibility index (Phi) is 6.16. The van der Waals surface area contributed by atoms with Crippen molar-refractivity contribution in [3.8, 4) is 11.3 Å². The van der Waals surface area contributed by atoms with Crippen LogP contribution in [-0.4, -0.2) is 58.0 Å². The zero-order valence-electron chi connectivity index (χ0n) is 18.9. The van der Waals surface area contributed by atoms with Crippen molar-refractivity contribution in [2.45, 2.75) is 67.1 Å². The monoisotopic (exact) mass is 454 g/mol. The SMILES string of the molecule is CN1CCC2(CCn3nc(-c4cnc5c(c4)SC(C4CCCCC4)CN5)cc32)C1.NC=O. The molecule has 6 rings (SSSR count). The maximum Gasteiger partial charge on any atom is 0.204 e. The van der Waals surface area contributed by atoms with E-state index in [2.05, 4.69) is 51.6 Å². The van der Waals surface area contributed by atoms with Crippen molar-refractivity contribution in [3.63, 3.8) is 0 Å². The zero-order valence-corrected chi connectivity index (χ0v) is 19.7. The Morgan fingerprint density at radius 1 is 1.22 bits per heavy atom. The number of amides is 1. The Morgan fingerprint density at radius 2 is 2.00 bits per heavy atom. The minimum Gasteiger partial charge on any atom is -0.372 e. The van der Waals surface area contributed by atoms with Crippen molar-refractivity contribution in [3.05, 3.63) is 24.0 Å². The minimum absolute atomic E-state index is 0.250. The number of thioether (sulfide) groups is 1. The summed E-state index contributed by atoms with van der Waals surface area (Å²) in [5.41, 5.74) is 8.21. The first-order valence-corrected chi connectivity index (χ1v) is 12.8. The van der Waals surface area contributed by atoms with Gasteiger partial charge in [0, 0.05) is 47.8 Å². The number of nitrogens with zero attached hydrogens (tertiary/aromatic N) is 4. The first-order chi connectivity index (χ1) is 15.6. The normalized spacial score (nSPS) is 27.3. The molecule has 1 aliphatic carbocycles. The average molecular weight is 455 g/mol. The van der Waals surface area contributed by atoms with Crippen molar-refractivity contribution >= 4 is 24.0 Å². The predicted octanol–water partition coefficient (Wildman–Crippen LogP) is 3.49. The number of fused-ring (bicyclic) bond motifs is 3. The molecule has 0 bridgehead atoms. The van der Waals surface area contributed by atoms with Gasteiger partial charge in [-0.3, -0.25) is 9.48 Å². The fraction of sp³-hybridized carbons (Fsp3) is 0.625. The molecule has 1 saturated heterocycles. The maximum absolute atomic E-state index is 8.58. The number of primary amides is 1. The highest BCUT2D eigenvalue weighted by Crippen LogP contribution is 2.45. The molecule has 2 fully saturated rings. The number of rotatable bonds is 2. The van der Waals surface area contributed by atoms with Gasteiger partial charge in [0.25, 0.3) is 0 Å². The summed E-state index contributed by atoms with van der Waals surface area (Å²) in [6.45, 7) is 4.49. The highest BCUT2D eigenvalue weighted by atomic mass is 32.2. The van der Waals surface area contributed by atoms with Crippen molar-refractivity contribution in [2.24, 2.45) is 11.7 Å². The van der Waals surface area contributed by atoms with E-state index in [0.29, 0.717) is 10.7 Å². The second-order valence-corrected chi connectivity index (χ2v) is 11.1. The Bertz CT molecular complexity index is 971. The molecule has 1 spiro atoms. The third kappa shape index (κ3) is 4.03. The number of carbonyl (C=O) groups excluding carboxylic acids is 1. The molecule has 2 unspecified atom stereocenters. The highest BCUT2D eigenvalue weighted by molar-refractivity contribution is 8.00. The van der Waals surface area contributed by atoms with Gasteiger partial charge in [-0.05, 0) is 57.3 Å². The highest BCUT2D eigenvalue weighted by Gasteiger charge is 2.44. The van der Waals surface area contributed by atoms with Crippen LogP contribution >= 0.6 is 11.8 Å². The fourth-order valence-electron chi connectivity index (χ4n) is 6.07. The Labute approximate surface area is 194 Å². The number of nitrogens with one attached hydrogen (secondary N) is 1. The molecule has 5 heterocycles. The summed E-state index contributed by atoms with van der Waals surface area (Å²) in [5, 5.41) is 9.28. The van der Waals surface area contributed by atoms with E-state index in [1.165, 1.54) is 74.2 Å². The van der Waals surface area contributed by atoms with Gasteiger partial charge < -0.3 is 16.0 Å². The van der Waals surface area contributed by atoms with Crippen LogP contribution in [0, 0.1) is 5.92 Å². The Balaban J connectivity index is 0.000000684. The molecule has 2 atom stereocenters. The summed E-state index contributed by atoms with van der Waals surface area (Å²) in [6, 6.07) is 4.69. The summed E-state index contributed by atoms with van der Waals surface area (Å²) in [5.74, 6) is 1.92. The lowest BCUT2D eigenvalue weighted by atomic mass is 9.82. The molecule has 32 heavy (non-hydrogen) atoms. The first kappa shape index (κ1) is 21.8.